The van der Waals surface area contributed by atoms with Gasteiger partial charge in [-0.3, -0.25) is 14.0 Å². The van der Waals surface area contributed by atoms with E-state index in [-0.39, 0.29) is 23.4 Å². The van der Waals surface area contributed by atoms with Crippen LogP contribution in [0.5, 0.6) is 0 Å². The van der Waals surface area contributed by atoms with Gasteiger partial charge in [-0.2, -0.15) is 0 Å². The Morgan fingerprint density at radius 2 is 1.89 bits per heavy atom. The highest BCUT2D eigenvalue weighted by Gasteiger charge is 2.33. The summed E-state index contributed by atoms with van der Waals surface area (Å²) >= 11 is 0. The number of aliphatic hydroxyl groups is 1. The summed E-state index contributed by atoms with van der Waals surface area (Å²) in [6, 6.07) is 9.40. The maximum absolute atomic E-state index is 14.7. The minimum Gasteiger partial charge on any atom is -0.390 e. The second-order valence-electron chi connectivity index (χ2n) is 8.74. The monoisotopic (exact) mass is 476 g/mol. The Labute approximate surface area is 199 Å². The van der Waals surface area contributed by atoms with Crippen molar-refractivity contribution in [2.75, 3.05) is 5.32 Å². The molecular weight excluding hydrogens is 454 g/mol. The number of anilines is 1. The first-order valence-electron chi connectivity index (χ1n) is 11.0. The molecule has 0 saturated carbocycles. The van der Waals surface area contributed by atoms with Crippen molar-refractivity contribution in [1.82, 2.24) is 14.7 Å². The topological polar surface area (TPSA) is 95.7 Å². The van der Waals surface area contributed by atoms with Crippen LogP contribution in [0.4, 0.5) is 14.5 Å². The number of carbonyl (C=O) groups is 2. The maximum atomic E-state index is 14.7. The lowest BCUT2D eigenvalue weighted by atomic mass is 10.0. The van der Waals surface area contributed by atoms with Crippen molar-refractivity contribution in [2.45, 2.75) is 32.4 Å². The van der Waals surface area contributed by atoms with Gasteiger partial charge < -0.3 is 15.7 Å². The molecule has 178 valence electrons. The van der Waals surface area contributed by atoms with E-state index < -0.39 is 35.6 Å². The molecule has 0 bridgehead atoms. The summed E-state index contributed by atoms with van der Waals surface area (Å²) < 4.78 is 30.1. The van der Waals surface area contributed by atoms with Gasteiger partial charge in [-0.1, -0.05) is 12.1 Å². The second kappa shape index (κ2) is 8.59. The average molecular weight is 476 g/mol. The van der Waals surface area contributed by atoms with Gasteiger partial charge in [-0.25, -0.2) is 13.8 Å². The number of hydrogen-bond acceptors (Lipinski definition) is 4. The van der Waals surface area contributed by atoms with E-state index in [0.29, 0.717) is 16.8 Å². The molecule has 0 saturated heterocycles. The molecule has 4 aromatic rings. The third-order valence-corrected chi connectivity index (χ3v) is 6.24. The van der Waals surface area contributed by atoms with Crippen molar-refractivity contribution in [3.8, 4) is 0 Å². The number of hydrogen-bond donors (Lipinski definition) is 3. The van der Waals surface area contributed by atoms with E-state index in [1.54, 1.807) is 29.7 Å². The number of imidazole rings is 1. The number of fused-ring (bicyclic) bond motifs is 2. The molecule has 9 heteroatoms. The number of carbonyl (C=O) groups excluding carboxylic acids is 2. The van der Waals surface area contributed by atoms with Crippen LogP contribution in [0.25, 0.3) is 5.65 Å². The third kappa shape index (κ3) is 4.15. The molecule has 2 heterocycles. The average Bonchev–Trinajstić information content (AvgIpc) is 3.36. The zero-order chi connectivity index (χ0) is 24.9. The van der Waals surface area contributed by atoms with Gasteiger partial charge in [0, 0.05) is 18.2 Å². The number of nitrogens with one attached hydrogen (secondary N) is 2. The van der Waals surface area contributed by atoms with Gasteiger partial charge in [0.25, 0.3) is 11.8 Å². The molecule has 7 nitrogen and oxygen atoms in total. The molecule has 2 aromatic heterocycles. The minimum atomic E-state index is -0.922. The molecule has 2 aromatic carbocycles. The van der Waals surface area contributed by atoms with E-state index in [9.17, 15) is 23.5 Å². The van der Waals surface area contributed by atoms with Crippen molar-refractivity contribution >= 4 is 23.1 Å². The van der Waals surface area contributed by atoms with Gasteiger partial charge in [0.15, 0.2) is 0 Å². The van der Waals surface area contributed by atoms with Crippen LogP contribution >= 0.6 is 0 Å². The van der Waals surface area contributed by atoms with E-state index in [4.69, 9.17) is 0 Å². The molecule has 2 amide bonds. The number of benzene rings is 2. The lowest BCUT2D eigenvalue weighted by Crippen LogP contribution is -2.34. The van der Waals surface area contributed by atoms with Crippen LogP contribution in [0, 0.1) is 25.5 Å². The summed E-state index contributed by atoms with van der Waals surface area (Å²) in [6.45, 7) is 3.44. The van der Waals surface area contributed by atoms with Crippen LogP contribution in [0.15, 0.2) is 54.9 Å². The molecule has 5 rings (SSSR count). The number of amides is 2. The Morgan fingerprint density at radius 1 is 1.09 bits per heavy atom. The van der Waals surface area contributed by atoms with Crippen LogP contribution in [0.2, 0.25) is 0 Å². The van der Waals surface area contributed by atoms with Gasteiger partial charge >= 0.3 is 0 Å². The molecule has 3 N–H and O–H groups in total. The molecule has 1 aliphatic carbocycles. The molecule has 2 atom stereocenters. The largest absolute Gasteiger partial charge is 0.390 e. The van der Waals surface area contributed by atoms with Gasteiger partial charge in [-0.05, 0) is 66.4 Å². The maximum Gasteiger partial charge on any atom is 0.274 e. The van der Waals surface area contributed by atoms with Crippen LogP contribution < -0.4 is 10.6 Å². The van der Waals surface area contributed by atoms with Crippen molar-refractivity contribution in [1.29, 1.82) is 0 Å². The highest BCUT2D eigenvalue weighted by atomic mass is 19.1. The highest BCUT2D eigenvalue weighted by Crippen LogP contribution is 2.32. The van der Waals surface area contributed by atoms with Crippen molar-refractivity contribution in [3.05, 3.63) is 100 Å². The molecule has 0 fully saturated rings. The fourth-order valence-corrected chi connectivity index (χ4v) is 4.44. The third-order valence-electron chi connectivity index (χ3n) is 6.24. The molecule has 0 aliphatic heterocycles. The quantitative estimate of drug-likeness (QED) is 0.417. The summed E-state index contributed by atoms with van der Waals surface area (Å²) in [5, 5.41) is 15.7. The fourth-order valence-electron chi connectivity index (χ4n) is 4.44. The standard InChI is InChI=1S/C26H22F2N4O3/c1-13-3-6-23-29-11-21(32(23)12-13)26(35)30-20-10-17(14(2)7-19(20)28)25(34)31-24-18-9-16(27)5-4-15(18)8-22(24)33/h3-7,9-12,22,24,33H,8H2,1-2H3,(H,30,35)(H,31,34)/t22-,24+/m0/s1. The SMILES string of the molecule is Cc1ccc2ncc(C(=O)Nc3cc(C(=O)N[C@@H]4c5cc(F)ccc5C[C@@H]4O)c(C)cc3F)n2c1. The number of pyridine rings is 1. The molecule has 1 aliphatic rings. The first-order valence-corrected chi connectivity index (χ1v) is 11.0. The fraction of sp³-hybridized carbons (Fsp3) is 0.192. The minimum absolute atomic E-state index is 0.118. The van der Waals surface area contributed by atoms with Crippen LogP contribution in [-0.4, -0.2) is 32.4 Å². The number of aryl methyl sites for hydroxylation is 2. The Hall–Kier alpha value is -4.11. The van der Waals surface area contributed by atoms with Crippen molar-refractivity contribution < 1.29 is 23.5 Å². The first-order chi connectivity index (χ1) is 16.7. The summed E-state index contributed by atoms with van der Waals surface area (Å²) in [4.78, 5) is 30.2. The van der Waals surface area contributed by atoms with Crippen LogP contribution in [-0.2, 0) is 6.42 Å². The second-order valence-corrected chi connectivity index (χ2v) is 8.74. The molecule has 35 heavy (non-hydrogen) atoms. The van der Waals surface area contributed by atoms with E-state index >= 15 is 0 Å². The Bertz CT molecular complexity index is 1500. The zero-order valence-electron chi connectivity index (χ0n) is 19.0. The number of nitrogens with zero attached hydrogens (tertiary/aromatic N) is 2. The number of aliphatic hydroxyl groups excluding tert-OH is 1. The number of halogens is 2. The summed E-state index contributed by atoms with van der Waals surface area (Å²) in [5.41, 5.74) is 3.23. The van der Waals surface area contributed by atoms with Crippen LogP contribution in [0.1, 0.15) is 49.1 Å². The van der Waals surface area contributed by atoms with Crippen molar-refractivity contribution in [3.63, 3.8) is 0 Å². The predicted molar refractivity (Wildman–Crippen MR) is 125 cm³/mol. The van der Waals surface area contributed by atoms with E-state index in [1.165, 1.54) is 24.4 Å². The lowest BCUT2D eigenvalue weighted by molar-refractivity contribution is 0.0857. The van der Waals surface area contributed by atoms with Crippen molar-refractivity contribution in [2.24, 2.45) is 0 Å². The van der Waals surface area contributed by atoms with Gasteiger partial charge in [-0.15, -0.1) is 0 Å². The van der Waals surface area contributed by atoms with E-state index in [1.807, 2.05) is 13.0 Å². The Balaban J connectivity index is 1.41. The summed E-state index contributed by atoms with van der Waals surface area (Å²) in [7, 11) is 0. The molecule has 0 spiro atoms. The highest BCUT2D eigenvalue weighted by molar-refractivity contribution is 6.05. The Kier molecular flexibility index (Phi) is 5.56. The van der Waals surface area contributed by atoms with Gasteiger partial charge in [0.1, 0.15) is 23.0 Å². The molecular formula is C26H22F2N4O3. The van der Waals surface area contributed by atoms with Crippen LogP contribution in [0.3, 0.4) is 0 Å². The first kappa shape index (κ1) is 22.7. The lowest BCUT2D eigenvalue weighted by Gasteiger charge is -2.19. The number of rotatable bonds is 4. The normalized spacial score (nSPS) is 16.8. The Morgan fingerprint density at radius 3 is 2.69 bits per heavy atom. The number of aromatic nitrogens is 2. The predicted octanol–water partition coefficient (Wildman–Crippen LogP) is 3.87. The smallest absolute Gasteiger partial charge is 0.274 e. The van der Waals surface area contributed by atoms with Gasteiger partial charge in [0.05, 0.1) is 24.0 Å². The van der Waals surface area contributed by atoms with E-state index in [2.05, 4.69) is 15.6 Å². The summed E-state index contributed by atoms with van der Waals surface area (Å²) in [6.07, 6.45) is 2.49. The molecule has 0 radical (unpaired) electrons. The van der Waals surface area contributed by atoms with Gasteiger partial charge in [0.2, 0.25) is 0 Å². The van der Waals surface area contributed by atoms with E-state index in [0.717, 1.165) is 17.2 Å². The summed E-state index contributed by atoms with van der Waals surface area (Å²) in [5.74, 6) is -2.34. The zero-order valence-corrected chi connectivity index (χ0v) is 19.0. The molecule has 0 unspecified atom stereocenters.